The Morgan fingerprint density at radius 3 is 2.55 bits per heavy atom. The predicted molar refractivity (Wildman–Crippen MR) is 127 cm³/mol. The number of nitrogens with one attached hydrogen (secondary N) is 1. The average Bonchev–Trinajstić information content (AvgIpc) is 2.75. The molecule has 0 heterocycles. The molecule has 0 aliphatic carbocycles. The fourth-order valence-corrected chi connectivity index (χ4v) is 4.50. The number of hydrogen-bond acceptors (Lipinski definition) is 3. The van der Waals surface area contributed by atoms with Gasteiger partial charge in [0.05, 0.1) is 5.75 Å². The van der Waals surface area contributed by atoms with Crippen LogP contribution in [0.25, 0.3) is 0 Å². The van der Waals surface area contributed by atoms with E-state index in [2.05, 4.69) is 5.32 Å². The van der Waals surface area contributed by atoms with Gasteiger partial charge in [0.2, 0.25) is 11.8 Å². The van der Waals surface area contributed by atoms with Gasteiger partial charge in [-0.15, -0.1) is 11.8 Å². The summed E-state index contributed by atoms with van der Waals surface area (Å²) in [6.45, 7) is 6.81. The van der Waals surface area contributed by atoms with Gasteiger partial charge >= 0.3 is 0 Å². The van der Waals surface area contributed by atoms with Crippen LogP contribution < -0.4 is 5.32 Å². The molecule has 2 rings (SSSR count). The Hall–Kier alpha value is -2.05. The lowest BCUT2D eigenvalue weighted by molar-refractivity contribution is -0.139. The van der Waals surface area contributed by atoms with E-state index in [1.54, 1.807) is 17.0 Å². The minimum atomic E-state index is -0.559. The maximum atomic E-state index is 14.0. The summed E-state index contributed by atoms with van der Waals surface area (Å²) in [4.78, 5) is 27.6. The van der Waals surface area contributed by atoms with Crippen LogP contribution in [0.15, 0.2) is 42.5 Å². The number of thioether (sulfide) groups is 1. The lowest BCUT2D eigenvalue weighted by Gasteiger charge is -2.31. The van der Waals surface area contributed by atoms with Crippen LogP contribution in [0.5, 0.6) is 0 Å². The van der Waals surface area contributed by atoms with E-state index in [1.165, 1.54) is 17.8 Å². The molecule has 31 heavy (non-hydrogen) atoms. The molecular weight excluding hydrogens is 435 g/mol. The predicted octanol–water partition coefficient (Wildman–Crippen LogP) is 5.35. The topological polar surface area (TPSA) is 49.4 Å². The second-order valence-electron chi connectivity index (χ2n) is 7.36. The van der Waals surface area contributed by atoms with Crippen LogP contribution >= 0.6 is 23.4 Å². The van der Waals surface area contributed by atoms with Crippen LogP contribution in [0.1, 0.15) is 43.4 Å². The number of carbonyl (C=O) groups excluding carboxylic acids is 2. The maximum absolute atomic E-state index is 14.0. The number of nitrogens with zero attached hydrogens (tertiary/aromatic N) is 1. The molecular formula is C24H30ClFN2O2S. The molecule has 0 spiro atoms. The molecule has 2 aromatic rings. The third-order valence-corrected chi connectivity index (χ3v) is 6.37. The summed E-state index contributed by atoms with van der Waals surface area (Å²) in [5, 5.41) is 3.26. The molecule has 0 radical (unpaired) electrons. The Balaban J connectivity index is 2.16. The summed E-state index contributed by atoms with van der Waals surface area (Å²) in [6, 6.07) is 11.8. The number of amides is 2. The van der Waals surface area contributed by atoms with Gasteiger partial charge in [0, 0.05) is 29.4 Å². The number of benzene rings is 2. The molecule has 2 amide bonds. The van der Waals surface area contributed by atoms with Crippen LogP contribution in [0.3, 0.4) is 0 Å². The van der Waals surface area contributed by atoms with Crippen molar-refractivity contribution in [2.24, 2.45) is 0 Å². The highest BCUT2D eigenvalue weighted by Crippen LogP contribution is 2.25. The standard InChI is InChI=1S/C24H30ClFN2O2S/c1-4-13-27-24(30)22(5-2)28(14-18-10-7-6-9-17(18)3)23(29)16-31-15-19-20(25)11-8-12-21(19)26/h6-12,22H,4-5,13-16H2,1-3H3,(H,27,30)/t22-/m0/s1. The molecule has 0 unspecified atom stereocenters. The largest absolute Gasteiger partial charge is 0.354 e. The first-order chi connectivity index (χ1) is 14.9. The Morgan fingerprint density at radius 1 is 1.16 bits per heavy atom. The van der Waals surface area contributed by atoms with Crippen LogP contribution in [0, 0.1) is 12.7 Å². The smallest absolute Gasteiger partial charge is 0.242 e. The molecule has 7 heteroatoms. The maximum Gasteiger partial charge on any atom is 0.242 e. The van der Waals surface area contributed by atoms with Crippen molar-refractivity contribution in [2.45, 2.75) is 52.0 Å². The number of aryl methyl sites for hydroxylation is 1. The molecule has 2 aromatic carbocycles. The fourth-order valence-electron chi connectivity index (χ4n) is 3.25. The Labute approximate surface area is 193 Å². The summed E-state index contributed by atoms with van der Waals surface area (Å²) in [5.41, 5.74) is 2.45. The molecule has 0 saturated carbocycles. The highest BCUT2D eigenvalue weighted by atomic mass is 35.5. The first kappa shape index (κ1) is 25.2. The number of hydrogen-bond donors (Lipinski definition) is 1. The average molecular weight is 465 g/mol. The van der Waals surface area contributed by atoms with Crippen LogP contribution in [0.2, 0.25) is 5.02 Å². The molecule has 0 fully saturated rings. The van der Waals surface area contributed by atoms with Gasteiger partial charge in [-0.1, -0.05) is 55.8 Å². The molecule has 0 aromatic heterocycles. The highest BCUT2D eigenvalue weighted by molar-refractivity contribution is 7.99. The van der Waals surface area contributed by atoms with Gasteiger partial charge in [0.25, 0.3) is 0 Å². The molecule has 4 nitrogen and oxygen atoms in total. The highest BCUT2D eigenvalue weighted by Gasteiger charge is 2.28. The van der Waals surface area contributed by atoms with Gasteiger partial charge in [-0.3, -0.25) is 9.59 Å². The Bertz CT molecular complexity index is 873. The fraction of sp³-hybridized carbons (Fsp3) is 0.417. The summed E-state index contributed by atoms with van der Waals surface area (Å²) < 4.78 is 14.0. The minimum Gasteiger partial charge on any atom is -0.354 e. The van der Waals surface area contributed by atoms with Crippen molar-refractivity contribution in [2.75, 3.05) is 12.3 Å². The first-order valence-electron chi connectivity index (χ1n) is 10.5. The summed E-state index contributed by atoms with van der Waals surface area (Å²) >= 11 is 7.39. The second kappa shape index (κ2) is 12.7. The van der Waals surface area contributed by atoms with Crippen molar-refractivity contribution in [3.63, 3.8) is 0 Å². The van der Waals surface area contributed by atoms with Gasteiger partial charge in [-0.2, -0.15) is 0 Å². The van der Waals surface area contributed by atoms with Crippen LogP contribution in [0.4, 0.5) is 4.39 Å². The summed E-state index contributed by atoms with van der Waals surface area (Å²) in [7, 11) is 0. The van der Waals surface area contributed by atoms with Gasteiger partial charge in [0.15, 0.2) is 0 Å². The van der Waals surface area contributed by atoms with Gasteiger partial charge in [-0.25, -0.2) is 4.39 Å². The van der Waals surface area contributed by atoms with Gasteiger partial charge in [0.1, 0.15) is 11.9 Å². The van der Waals surface area contributed by atoms with Crippen molar-refractivity contribution in [3.8, 4) is 0 Å². The summed E-state index contributed by atoms with van der Waals surface area (Å²) in [5.74, 6) is -0.259. The molecule has 1 atom stereocenters. The van der Waals surface area contributed by atoms with E-state index in [1.807, 2.05) is 45.0 Å². The zero-order valence-electron chi connectivity index (χ0n) is 18.3. The Kier molecular flexibility index (Phi) is 10.3. The van der Waals surface area contributed by atoms with E-state index >= 15 is 0 Å². The molecule has 0 aliphatic heterocycles. The third-order valence-electron chi connectivity index (χ3n) is 5.07. The lowest BCUT2D eigenvalue weighted by atomic mass is 10.1. The van der Waals surface area contributed by atoms with Gasteiger partial charge < -0.3 is 10.2 Å². The normalized spacial score (nSPS) is 11.8. The van der Waals surface area contributed by atoms with Crippen molar-refractivity contribution in [1.29, 1.82) is 0 Å². The monoisotopic (exact) mass is 464 g/mol. The van der Waals surface area contributed by atoms with Crippen LogP contribution in [-0.4, -0.2) is 35.1 Å². The third kappa shape index (κ3) is 7.25. The summed E-state index contributed by atoms with van der Waals surface area (Å²) in [6.07, 6.45) is 1.34. The van der Waals surface area contributed by atoms with E-state index in [0.717, 1.165) is 17.5 Å². The first-order valence-corrected chi connectivity index (χ1v) is 12.0. The van der Waals surface area contributed by atoms with E-state index in [9.17, 15) is 14.0 Å². The second-order valence-corrected chi connectivity index (χ2v) is 8.75. The van der Waals surface area contributed by atoms with Crippen LogP contribution in [-0.2, 0) is 21.9 Å². The molecule has 0 aliphatic rings. The molecule has 0 bridgehead atoms. The van der Waals surface area contributed by atoms with Crippen molar-refractivity contribution < 1.29 is 14.0 Å². The zero-order valence-corrected chi connectivity index (χ0v) is 19.9. The lowest BCUT2D eigenvalue weighted by Crippen LogP contribution is -2.49. The molecule has 0 saturated heterocycles. The van der Waals surface area contributed by atoms with E-state index in [0.29, 0.717) is 30.1 Å². The van der Waals surface area contributed by atoms with E-state index in [-0.39, 0.29) is 29.1 Å². The molecule has 168 valence electrons. The Morgan fingerprint density at radius 2 is 1.90 bits per heavy atom. The number of carbonyl (C=O) groups is 2. The van der Waals surface area contributed by atoms with Crippen molar-refractivity contribution >= 4 is 35.2 Å². The van der Waals surface area contributed by atoms with E-state index in [4.69, 9.17) is 11.6 Å². The quantitative estimate of drug-likeness (QED) is 0.487. The number of halogens is 2. The number of rotatable bonds is 11. The minimum absolute atomic E-state index is 0.133. The zero-order chi connectivity index (χ0) is 22.8. The van der Waals surface area contributed by atoms with Gasteiger partial charge in [-0.05, 0) is 43.0 Å². The van der Waals surface area contributed by atoms with Crippen molar-refractivity contribution in [3.05, 3.63) is 70.0 Å². The van der Waals surface area contributed by atoms with E-state index < -0.39 is 6.04 Å². The van der Waals surface area contributed by atoms with Crippen molar-refractivity contribution in [1.82, 2.24) is 10.2 Å². The SMILES string of the molecule is CCCNC(=O)[C@H](CC)N(Cc1ccccc1C)C(=O)CSCc1c(F)cccc1Cl. The molecule has 1 N–H and O–H groups in total.